The maximum absolute atomic E-state index is 13.7. The van der Waals surface area contributed by atoms with E-state index < -0.39 is 36.2 Å². The van der Waals surface area contributed by atoms with Crippen molar-refractivity contribution in [2.75, 3.05) is 18.1 Å². The second-order valence-corrected chi connectivity index (χ2v) is 7.88. The molecule has 1 saturated heterocycles. The highest BCUT2D eigenvalue weighted by molar-refractivity contribution is 5.98. The average molecular weight is 456 g/mol. The van der Waals surface area contributed by atoms with Gasteiger partial charge in [0, 0.05) is 24.6 Å². The number of benzene rings is 2. The molecule has 0 saturated carbocycles. The quantitative estimate of drug-likeness (QED) is 0.554. The fraction of sp³-hybridized carbons (Fsp3) is 0.435. The molecule has 0 spiro atoms. The van der Waals surface area contributed by atoms with Crippen LogP contribution in [0.1, 0.15) is 53.6 Å². The molecule has 32 heavy (non-hydrogen) atoms. The van der Waals surface area contributed by atoms with Crippen molar-refractivity contribution >= 4 is 11.6 Å². The first-order valence-corrected chi connectivity index (χ1v) is 10.4. The van der Waals surface area contributed by atoms with Crippen molar-refractivity contribution in [3.05, 3.63) is 65.2 Å². The molecule has 3 rings (SSSR count). The number of hydrogen-bond acceptors (Lipinski definition) is 3. The highest BCUT2D eigenvalue weighted by Gasteiger charge is 2.35. The molecule has 0 aromatic heterocycles. The Balaban J connectivity index is 1.89. The second-order valence-electron chi connectivity index (χ2n) is 7.88. The Morgan fingerprint density at radius 3 is 2.31 bits per heavy atom. The number of carbonyl (C=O) groups is 1. The van der Waals surface area contributed by atoms with Crippen LogP contribution in [0.4, 0.5) is 27.6 Å². The van der Waals surface area contributed by atoms with Crippen LogP contribution < -0.4 is 10.6 Å². The number of ether oxygens (including phenoxy) is 1. The number of piperidine rings is 1. The number of nitrogens with two attached hydrogens (primary N) is 1. The number of nitrogens with zero attached hydrogens (tertiary/aromatic N) is 1. The van der Waals surface area contributed by atoms with Gasteiger partial charge in [-0.2, -0.15) is 22.0 Å². The summed E-state index contributed by atoms with van der Waals surface area (Å²) >= 11 is 0. The van der Waals surface area contributed by atoms with Gasteiger partial charge in [0.05, 0.1) is 23.8 Å². The molecule has 9 heteroatoms. The third-order valence-corrected chi connectivity index (χ3v) is 5.79. The lowest BCUT2D eigenvalue weighted by molar-refractivity contribution is -0.241. The third-order valence-electron chi connectivity index (χ3n) is 5.79. The summed E-state index contributed by atoms with van der Waals surface area (Å²) in [6.45, 7) is 1.39. The van der Waals surface area contributed by atoms with E-state index in [0.29, 0.717) is 30.6 Å². The summed E-state index contributed by atoms with van der Waals surface area (Å²) in [4.78, 5) is 13.8. The molecular formula is C23H25F5N2O2. The third kappa shape index (κ3) is 5.56. The lowest BCUT2D eigenvalue weighted by Gasteiger charge is -2.42. The molecule has 0 aliphatic carbocycles. The minimum absolute atomic E-state index is 0.152. The van der Waals surface area contributed by atoms with E-state index in [2.05, 4.69) is 0 Å². The maximum Gasteiger partial charge on any atom is 0.416 e. The van der Waals surface area contributed by atoms with E-state index >= 15 is 0 Å². The molecule has 0 bridgehead atoms. The molecule has 4 nitrogen and oxygen atoms in total. The first-order chi connectivity index (χ1) is 15.0. The number of anilines is 1. The van der Waals surface area contributed by atoms with Crippen molar-refractivity contribution in [2.24, 2.45) is 5.73 Å². The number of hydrogen-bond donors (Lipinski definition) is 1. The van der Waals surface area contributed by atoms with Gasteiger partial charge in [0.15, 0.2) is 0 Å². The van der Waals surface area contributed by atoms with E-state index in [1.54, 1.807) is 29.2 Å². The van der Waals surface area contributed by atoms with Crippen molar-refractivity contribution < 1.29 is 31.5 Å². The van der Waals surface area contributed by atoms with Gasteiger partial charge >= 0.3 is 12.3 Å². The van der Waals surface area contributed by atoms with Crippen LogP contribution in [0.25, 0.3) is 0 Å². The number of carbonyl (C=O) groups excluding carboxylic acids is 1. The molecule has 2 aromatic rings. The number of halogens is 5. The zero-order valence-corrected chi connectivity index (χ0v) is 17.5. The van der Waals surface area contributed by atoms with Gasteiger partial charge in [0.2, 0.25) is 0 Å². The first-order valence-electron chi connectivity index (χ1n) is 10.4. The molecule has 1 amide bonds. The van der Waals surface area contributed by atoms with Crippen molar-refractivity contribution in [1.29, 1.82) is 0 Å². The van der Waals surface area contributed by atoms with Crippen LogP contribution in [0.15, 0.2) is 48.5 Å². The van der Waals surface area contributed by atoms with Crippen LogP contribution in [0, 0.1) is 0 Å². The molecule has 174 valence electrons. The molecule has 1 fully saturated rings. The maximum atomic E-state index is 13.7. The summed E-state index contributed by atoms with van der Waals surface area (Å²) in [7, 11) is 0. The summed E-state index contributed by atoms with van der Waals surface area (Å²) < 4.78 is 71.0. The molecule has 2 N–H and O–H groups in total. The van der Waals surface area contributed by atoms with Gasteiger partial charge < -0.3 is 15.4 Å². The normalized spacial score (nSPS) is 19.8. The van der Waals surface area contributed by atoms with Gasteiger partial charge in [-0.15, -0.1) is 0 Å². The van der Waals surface area contributed by atoms with Crippen molar-refractivity contribution in [3.8, 4) is 0 Å². The monoisotopic (exact) mass is 456 g/mol. The van der Waals surface area contributed by atoms with Crippen LogP contribution in [0.5, 0.6) is 0 Å². The lowest BCUT2D eigenvalue weighted by atomic mass is 9.86. The first kappa shape index (κ1) is 24.0. The lowest BCUT2D eigenvalue weighted by Crippen LogP contribution is -2.47. The van der Waals surface area contributed by atoms with E-state index in [-0.39, 0.29) is 18.1 Å². The zero-order chi connectivity index (χ0) is 23.5. The van der Waals surface area contributed by atoms with Crippen molar-refractivity contribution in [3.63, 3.8) is 0 Å². The largest absolute Gasteiger partial charge is 0.416 e. The number of alkyl halides is 5. The molecule has 0 radical (unpaired) electrons. The van der Waals surface area contributed by atoms with Gasteiger partial charge in [-0.1, -0.05) is 31.2 Å². The summed E-state index contributed by atoms with van der Waals surface area (Å²) in [6.07, 6.45) is -7.12. The van der Waals surface area contributed by atoms with Gasteiger partial charge in [0.25, 0.3) is 5.91 Å². The van der Waals surface area contributed by atoms with E-state index in [0.717, 1.165) is 12.1 Å². The minimum atomic E-state index is -4.43. The van der Waals surface area contributed by atoms with Gasteiger partial charge in [-0.3, -0.25) is 4.79 Å². The van der Waals surface area contributed by atoms with Gasteiger partial charge in [-0.05, 0) is 42.7 Å². The van der Waals surface area contributed by atoms with Crippen LogP contribution in [-0.4, -0.2) is 31.2 Å². The number of amides is 1. The summed E-state index contributed by atoms with van der Waals surface area (Å²) in [5, 5.41) is 0. The highest BCUT2D eigenvalue weighted by Crippen LogP contribution is 2.37. The van der Waals surface area contributed by atoms with Crippen LogP contribution in [0.2, 0.25) is 0 Å². The molecular weight excluding hydrogens is 431 g/mol. The van der Waals surface area contributed by atoms with E-state index in [1.165, 1.54) is 19.1 Å². The Labute approximate surface area is 183 Å². The minimum Gasteiger partial charge on any atom is -0.366 e. The average Bonchev–Trinajstić information content (AvgIpc) is 2.77. The Bertz CT molecular complexity index is 931. The summed E-state index contributed by atoms with van der Waals surface area (Å²) in [6, 6.07) is 11.1. The predicted octanol–water partition coefficient (Wildman–Crippen LogP) is 5.58. The van der Waals surface area contributed by atoms with Crippen LogP contribution in [0.3, 0.4) is 0 Å². The molecule has 1 aliphatic rings. The van der Waals surface area contributed by atoms with Crippen LogP contribution >= 0.6 is 0 Å². The second kappa shape index (κ2) is 9.44. The number of primary amides is 1. The Kier molecular flexibility index (Phi) is 7.07. The molecule has 2 atom stereocenters. The van der Waals surface area contributed by atoms with E-state index in [4.69, 9.17) is 10.5 Å². The van der Waals surface area contributed by atoms with E-state index in [9.17, 15) is 26.7 Å². The Hall–Kier alpha value is -2.68. The molecule has 0 unspecified atom stereocenters. The molecule has 1 heterocycles. The van der Waals surface area contributed by atoms with Crippen LogP contribution in [-0.2, 0) is 10.9 Å². The van der Waals surface area contributed by atoms with Crippen molar-refractivity contribution in [2.45, 2.75) is 50.4 Å². The fourth-order valence-corrected chi connectivity index (χ4v) is 3.96. The standard InChI is InChI=1S/C23H25F5N2O2/c1-2-22(24,25)32-14-18-12-9-16(15-7-10-17(11-8-15)23(26,27)28)13-30(18)20-6-4-3-5-19(20)21(29)31/h3-8,10-11,16,18H,2,9,12-14H2,1H3,(H2,29,31)/t16-,18-/m1/s1. The fourth-order valence-electron chi connectivity index (χ4n) is 3.96. The number of para-hydroxylation sites is 1. The predicted molar refractivity (Wildman–Crippen MR) is 111 cm³/mol. The Morgan fingerprint density at radius 2 is 1.72 bits per heavy atom. The molecule has 1 aliphatic heterocycles. The van der Waals surface area contributed by atoms with Gasteiger partial charge in [-0.25, -0.2) is 0 Å². The topological polar surface area (TPSA) is 55.6 Å². The smallest absolute Gasteiger partial charge is 0.366 e. The zero-order valence-electron chi connectivity index (χ0n) is 17.5. The summed E-state index contributed by atoms with van der Waals surface area (Å²) in [5.74, 6) is -0.808. The summed E-state index contributed by atoms with van der Waals surface area (Å²) in [5.41, 5.74) is 6.22. The van der Waals surface area contributed by atoms with Crippen molar-refractivity contribution in [1.82, 2.24) is 0 Å². The SMILES string of the molecule is CCC(F)(F)OC[C@H]1CC[C@@H](c2ccc(C(F)(F)F)cc2)CN1c1ccccc1C(N)=O. The van der Waals surface area contributed by atoms with E-state index in [1.807, 2.05) is 0 Å². The number of rotatable bonds is 7. The highest BCUT2D eigenvalue weighted by atomic mass is 19.4. The van der Waals surface area contributed by atoms with Gasteiger partial charge in [0.1, 0.15) is 0 Å². The Morgan fingerprint density at radius 1 is 1.06 bits per heavy atom. The molecule has 2 aromatic carbocycles.